The molecular formula is C24H35IN4O3. The van der Waals surface area contributed by atoms with E-state index in [0.29, 0.717) is 12.6 Å². The molecule has 8 heteroatoms. The fourth-order valence-electron chi connectivity index (χ4n) is 4.12. The largest absolute Gasteiger partial charge is 0.376 e. The van der Waals surface area contributed by atoms with E-state index in [1.54, 1.807) is 0 Å². The Labute approximate surface area is 207 Å². The van der Waals surface area contributed by atoms with E-state index in [0.717, 1.165) is 75.1 Å². The number of aliphatic imine (C=N–C) groups is 1. The first-order valence-corrected chi connectivity index (χ1v) is 11.6. The quantitative estimate of drug-likeness (QED) is 0.309. The topological polar surface area (TPSA) is 72.1 Å². The van der Waals surface area contributed by atoms with Gasteiger partial charge in [0.25, 0.3) is 0 Å². The molecule has 7 nitrogen and oxygen atoms in total. The van der Waals surface area contributed by atoms with Crippen LogP contribution in [-0.2, 0) is 16.0 Å². The zero-order valence-electron chi connectivity index (χ0n) is 18.9. The number of nitrogens with zero attached hydrogens (tertiary/aromatic N) is 3. The van der Waals surface area contributed by atoms with Crippen LogP contribution in [0.3, 0.4) is 0 Å². The number of likely N-dealkylation sites (tertiary alicyclic amines) is 1. The van der Waals surface area contributed by atoms with Crippen LogP contribution < -0.4 is 5.32 Å². The summed E-state index contributed by atoms with van der Waals surface area (Å²) in [5.41, 5.74) is 1.86. The van der Waals surface area contributed by atoms with Crippen LogP contribution >= 0.6 is 24.0 Å². The van der Waals surface area contributed by atoms with Gasteiger partial charge in [-0.3, -0.25) is 0 Å². The van der Waals surface area contributed by atoms with Crippen LogP contribution in [-0.4, -0.2) is 61.1 Å². The van der Waals surface area contributed by atoms with Gasteiger partial charge in [0.1, 0.15) is 5.69 Å². The summed E-state index contributed by atoms with van der Waals surface area (Å²) in [6.45, 7) is 6.92. The van der Waals surface area contributed by atoms with E-state index in [1.807, 2.05) is 36.4 Å². The number of guanidine groups is 1. The molecule has 2 saturated heterocycles. The number of nitrogens with one attached hydrogen (secondary N) is 1. The van der Waals surface area contributed by atoms with Crippen LogP contribution in [0.1, 0.15) is 44.7 Å². The fraction of sp³-hybridized carbons (Fsp3) is 0.583. The third kappa shape index (κ3) is 7.18. The van der Waals surface area contributed by atoms with Gasteiger partial charge < -0.3 is 24.2 Å². The highest BCUT2D eigenvalue weighted by molar-refractivity contribution is 14.0. The summed E-state index contributed by atoms with van der Waals surface area (Å²) in [5.74, 6) is 1.71. The maximum atomic E-state index is 6.15. The Morgan fingerprint density at radius 1 is 1.19 bits per heavy atom. The summed E-state index contributed by atoms with van der Waals surface area (Å²) in [6, 6.07) is 12.0. The molecule has 0 radical (unpaired) electrons. The highest BCUT2D eigenvalue weighted by atomic mass is 127. The van der Waals surface area contributed by atoms with E-state index in [9.17, 15) is 0 Å². The standard InChI is InChI=1S/C24H34N4O3.HI/c1-2-25-24(26-17-20-16-23(31-27-20)19-8-4-3-5-9-19)28-13-11-21(12-14-28)30-18-22-10-6-7-15-29-22;/h3-5,8-9,16,21-22H,2,6-7,10-15,17-18H2,1H3,(H,25,26);1H. The lowest BCUT2D eigenvalue weighted by Gasteiger charge is -2.35. The summed E-state index contributed by atoms with van der Waals surface area (Å²) >= 11 is 0. The van der Waals surface area contributed by atoms with Crippen LogP contribution in [0.15, 0.2) is 45.9 Å². The molecule has 0 bridgehead atoms. The van der Waals surface area contributed by atoms with Gasteiger partial charge in [-0.05, 0) is 39.0 Å². The molecule has 1 unspecified atom stereocenters. The second-order valence-corrected chi connectivity index (χ2v) is 8.23. The maximum absolute atomic E-state index is 6.15. The summed E-state index contributed by atoms with van der Waals surface area (Å²) in [5, 5.41) is 7.61. The first-order chi connectivity index (χ1) is 15.3. The summed E-state index contributed by atoms with van der Waals surface area (Å²) < 4.78 is 17.4. The minimum atomic E-state index is 0. The van der Waals surface area contributed by atoms with E-state index in [1.165, 1.54) is 12.8 Å². The Kier molecular flexibility index (Phi) is 10.3. The smallest absolute Gasteiger partial charge is 0.194 e. The molecule has 32 heavy (non-hydrogen) atoms. The van der Waals surface area contributed by atoms with Crippen LogP contribution in [0.2, 0.25) is 0 Å². The van der Waals surface area contributed by atoms with Crippen molar-refractivity contribution in [2.24, 2.45) is 4.99 Å². The molecule has 1 aromatic heterocycles. The highest BCUT2D eigenvalue weighted by Gasteiger charge is 2.24. The maximum Gasteiger partial charge on any atom is 0.194 e. The van der Waals surface area contributed by atoms with Gasteiger partial charge in [0.05, 0.1) is 25.4 Å². The molecule has 2 aliphatic heterocycles. The number of benzene rings is 1. The van der Waals surface area contributed by atoms with Gasteiger partial charge in [-0.2, -0.15) is 0 Å². The first kappa shape index (κ1) is 25.0. The molecule has 1 N–H and O–H groups in total. The Morgan fingerprint density at radius 3 is 2.72 bits per heavy atom. The molecule has 1 aromatic carbocycles. The summed E-state index contributed by atoms with van der Waals surface area (Å²) in [4.78, 5) is 7.13. The molecule has 2 aromatic rings. The number of rotatable bonds is 7. The molecule has 1 atom stereocenters. The Morgan fingerprint density at radius 2 is 2.00 bits per heavy atom. The fourth-order valence-corrected chi connectivity index (χ4v) is 4.12. The Hall–Kier alpha value is -1.65. The van der Waals surface area contributed by atoms with Crippen molar-refractivity contribution >= 4 is 29.9 Å². The monoisotopic (exact) mass is 554 g/mol. The average molecular weight is 554 g/mol. The Bertz CT molecular complexity index is 816. The Balaban J connectivity index is 0.00000289. The zero-order chi connectivity index (χ0) is 21.3. The molecule has 3 heterocycles. The van der Waals surface area contributed by atoms with E-state index in [2.05, 4.69) is 22.3 Å². The van der Waals surface area contributed by atoms with Crippen LogP contribution in [0.25, 0.3) is 11.3 Å². The third-order valence-electron chi connectivity index (χ3n) is 5.88. The van der Waals surface area contributed by atoms with E-state index in [4.69, 9.17) is 19.0 Å². The van der Waals surface area contributed by atoms with E-state index in [-0.39, 0.29) is 30.1 Å². The number of piperidine rings is 1. The van der Waals surface area contributed by atoms with Crippen molar-refractivity contribution in [1.29, 1.82) is 0 Å². The minimum absolute atomic E-state index is 0. The molecule has 4 rings (SSSR count). The van der Waals surface area contributed by atoms with E-state index >= 15 is 0 Å². The van der Waals surface area contributed by atoms with Crippen LogP contribution in [0.5, 0.6) is 0 Å². The normalized spacial score (nSPS) is 20.1. The first-order valence-electron chi connectivity index (χ1n) is 11.6. The lowest BCUT2D eigenvalue weighted by Crippen LogP contribution is -2.47. The summed E-state index contributed by atoms with van der Waals surface area (Å²) in [7, 11) is 0. The number of hydrogen-bond acceptors (Lipinski definition) is 5. The molecule has 0 aliphatic carbocycles. The van der Waals surface area contributed by atoms with Crippen molar-refractivity contribution in [1.82, 2.24) is 15.4 Å². The van der Waals surface area contributed by atoms with Gasteiger partial charge in [-0.25, -0.2) is 4.99 Å². The van der Waals surface area contributed by atoms with Crippen molar-refractivity contribution in [3.8, 4) is 11.3 Å². The molecule has 0 saturated carbocycles. The number of halogens is 1. The van der Waals surface area contributed by atoms with E-state index < -0.39 is 0 Å². The van der Waals surface area contributed by atoms with Gasteiger partial charge in [-0.15, -0.1) is 24.0 Å². The molecule has 0 spiro atoms. The third-order valence-corrected chi connectivity index (χ3v) is 5.88. The van der Waals surface area contributed by atoms with Crippen LogP contribution in [0, 0.1) is 0 Å². The van der Waals surface area contributed by atoms with Gasteiger partial charge in [0.2, 0.25) is 0 Å². The van der Waals surface area contributed by atoms with Gasteiger partial charge in [-0.1, -0.05) is 35.5 Å². The predicted molar refractivity (Wildman–Crippen MR) is 136 cm³/mol. The zero-order valence-corrected chi connectivity index (χ0v) is 21.2. The highest BCUT2D eigenvalue weighted by Crippen LogP contribution is 2.21. The molecule has 2 fully saturated rings. The molecule has 176 valence electrons. The van der Waals surface area contributed by atoms with Gasteiger partial charge in [0, 0.05) is 37.9 Å². The van der Waals surface area contributed by atoms with Crippen molar-refractivity contribution < 1.29 is 14.0 Å². The van der Waals surface area contributed by atoms with Crippen molar-refractivity contribution in [3.63, 3.8) is 0 Å². The average Bonchev–Trinajstić information content (AvgIpc) is 3.31. The summed E-state index contributed by atoms with van der Waals surface area (Å²) in [6.07, 6.45) is 6.20. The molecular weight excluding hydrogens is 519 g/mol. The molecule has 0 amide bonds. The molecule has 2 aliphatic rings. The second kappa shape index (κ2) is 13.2. The van der Waals surface area contributed by atoms with Crippen molar-refractivity contribution in [2.75, 3.05) is 32.8 Å². The SMILES string of the molecule is CCNC(=NCc1cc(-c2ccccc2)on1)N1CCC(OCC2CCCCO2)CC1.I. The number of ether oxygens (including phenoxy) is 2. The van der Waals surface area contributed by atoms with Crippen molar-refractivity contribution in [2.45, 2.75) is 57.8 Å². The lowest BCUT2D eigenvalue weighted by atomic mass is 10.1. The number of aromatic nitrogens is 1. The van der Waals surface area contributed by atoms with Crippen LogP contribution in [0.4, 0.5) is 0 Å². The second-order valence-electron chi connectivity index (χ2n) is 8.23. The lowest BCUT2D eigenvalue weighted by molar-refractivity contribution is -0.0721. The van der Waals surface area contributed by atoms with Gasteiger partial charge >= 0.3 is 0 Å². The van der Waals surface area contributed by atoms with Crippen molar-refractivity contribution in [3.05, 3.63) is 42.1 Å². The van der Waals surface area contributed by atoms with Gasteiger partial charge in [0.15, 0.2) is 11.7 Å². The minimum Gasteiger partial charge on any atom is -0.376 e. The number of hydrogen-bond donors (Lipinski definition) is 1. The predicted octanol–water partition coefficient (Wildman–Crippen LogP) is 4.48.